The van der Waals surface area contributed by atoms with E-state index < -0.39 is 10.5 Å². The number of nitro groups is 1. The Morgan fingerprint density at radius 1 is 1.17 bits per heavy atom. The number of amides is 1. The minimum Gasteiger partial charge on any atom is -0.476 e. The van der Waals surface area contributed by atoms with Crippen LogP contribution in [0.3, 0.4) is 0 Å². The molecule has 0 N–H and O–H groups in total. The standard InChI is InChI=1S/C18H16N2O4/c1-18(2)17(21)19(11-10-13-6-4-3-5-7-13)15-9-8-14(20(22)23)12-16(15)24-18/h3-12H,1-2H3/b11-10+. The van der Waals surface area contributed by atoms with Gasteiger partial charge in [0.1, 0.15) is 0 Å². The zero-order valence-electron chi connectivity index (χ0n) is 13.3. The first-order valence-electron chi connectivity index (χ1n) is 7.43. The highest BCUT2D eigenvalue weighted by Crippen LogP contribution is 2.40. The summed E-state index contributed by atoms with van der Waals surface area (Å²) in [4.78, 5) is 24.6. The molecule has 0 aliphatic carbocycles. The molecule has 1 aliphatic rings. The molecule has 1 heterocycles. The number of benzene rings is 2. The quantitative estimate of drug-likeness (QED) is 0.636. The van der Waals surface area contributed by atoms with Crippen molar-refractivity contribution in [2.75, 3.05) is 4.90 Å². The Morgan fingerprint density at radius 3 is 2.54 bits per heavy atom. The molecule has 0 radical (unpaired) electrons. The highest BCUT2D eigenvalue weighted by molar-refractivity contribution is 6.04. The van der Waals surface area contributed by atoms with Gasteiger partial charge in [0.15, 0.2) is 11.4 Å². The number of rotatable bonds is 3. The van der Waals surface area contributed by atoms with Crippen molar-refractivity contribution in [1.29, 1.82) is 0 Å². The van der Waals surface area contributed by atoms with Crippen molar-refractivity contribution in [1.82, 2.24) is 0 Å². The SMILES string of the molecule is CC1(C)Oc2cc([N+](=O)[O-])ccc2N(/C=C/c2ccccc2)C1=O. The fraction of sp³-hybridized carbons (Fsp3) is 0.167. The minimum atomic E-state index is -1.11. The lowest BCUT2D eigenvalue weighted by Gasteiger charge is -2.36. The molecule has 2 aromatic rings. The molecule has 0 unspecified atom stereocenters. The van der Waals surface area contributed by atoms with Gasteiger partial charge in [-0.05, 0) is 31.6 Å². The first kappa shape index (κ1) is 15.7. The summed E-state index contributed by atoms with van der Waals surface area (Å²) in [5.41, 5.74) is 0.240. The number of carbonyl (C=O) groups is 1. The molecule has 1 aliphatic heterocycles. The minimum absolute atomic E-state index is 0.0779. The van der Waals surface area contributed by atoms with Crippen LogP contribution in [0.2, 0.25) is 0 Å². The number of nitro benzene ring substituents is 1. The van der Waals surface area contributed by atoms with Crippen LogP contribution in [0, 0.1) is 10.1 Å². The summed E-state index contributed by atoms with van der Waals surface area (Å²) in [6.07, 6.45) is 3.47. The molecule has 0 aromatic heterocycles. The summed E-state index contributed by atoms with van der Waals surface area (Å²) in [7, 11) is 0. The van der Waals surface area contributed by atoms with Crippen LogP contribution in [-0.4, -0.2) is 16.4 Å². The number of carbonyl (C=O) groups excluding carboxylic acids is 1. The molecule has 6 heteroatoms. The van der Waals surface area contributed by atoms with Crippen LogP contribution in [0.5, 0.6) is 5.75 Å². The van der Waals surface area contributed by atoms with Crippen molar-refractivity contribution in [2.24, 2.45) is 0 Å². The number of nitrogens with zero attached hydrogens (tertiary/aromatic N) is 2. The van der Waals surface area contributed by atoms with Crippen LogP contribution in [0.15, 0.2) is 54.7 Å². The van der Waals surface area contributed by atoms with Crippen molar-refractivity contribution in [2.45, 2.75) is 19.4 Å². The summed E-state index contributed by atoms with van der Waals surface area (Å²) >= 11 is 0. The number of hydrogen-bond acceptors (Lipinski definition) is 4. The van der Waals surface area contributed by atoms with Crippen LogP contribution in [0.4, 0.5) is 11.4 Å². The molecular formula is C18H16N2O4. The fourth-order valence-electron chi connectivity index (χ4n) is 2.49. The van der Waals surface area contributed by atoms with Gasteiger partial charge in [-0.1, -0.05) is 30.3 Å². The van der Waals surface area contributed by atoms with Gasteiger partial charge in [0.05, 0.1) is 16.7 Å². The summed E-state index contributed by atoms with van der Waals surface area (Å²) in [6, 6.07) is 13.8. The molecule has 24 heavy (non-hydrogen) atoms. The van der Waals surface area contributed by atoms with Crippen molar-refractivity contribution < 1.29 is 14.5 Å². The first-order valence-corrected chi connectivity index (χ1v) is 7.43. The molecule has 0 fully saturated rings. The highest BCUT2D eigenvalue weighted by Gasteiger charge is 2.40. The second-order valence-corrected chi connectivity index (χ2v) is 5.92. The Balaban J connectivity index is 2.04. The molecule has 0 spiro atoms. The number of fused-ring (bicyclic) bond motifs is 1. The summed E-state index contributed by atoms with van der Waals surface area (Å²) in [5, 5.41) is 11.0. The van der Waals surface area contributed by atoms with E-state index in [9.17, 15) is 14.9 Å². The average Bonchev–Trinajstić information content (AvgIpc) is 2.55. The largest absolute Gasteiger partial charge is 0.476 e. The predicted octanol–water partition coefficient (Wildman–Crippen LogP) is 3.77. The van der Waals surface area contributed by atoms with Gasteiger partial charge >= 0.3 is 0 Å². The third-order valence-electron chi connectivity index (χ3n) is 3.73. The predicted molar refractivity (Wildman–Crippen MR) is 90.8 cm³/mol. The first-order chi connectivity index (χ1) is 11.4. The third kappa shape index (κ3) is 2.86. The lowest BCUT2D eigenvalue weighted by Crippen LogP contribution is -2.50. The van der Waals surface area contributed by atoms with Crippen molar-refractivity contribution in [3.8, 4) is 5.75 Å². The third-order valence-corrected chi connectivity index (χ3v) is 3.73. The lowest BCUT2D eigenvalue weighted by molar-refractivity contribution is -0.385. The molecule has 0 saturated carbocycles. The monoisotopic (exact) mass is 324 g/mol. The van der Waals surface area contributed by atoms with Crippen LogP contribution in [0.25, 0.3) is 6.08 Å². The molecule has 6 nitrogen and oxygen atoms in total. The van der Waals surface area contributed by atoms with E-state index in [-0.39, 0.29) is 11.6 Å². The number of anilines is 1. The maximum absolute atomic E-state index is 12.7. The number of non-ortho nitro benzene ring substituents is 1. The molecule has 0 atom stereocenters. The van der Waals surface area contributed by atoms with Crippen LogP contribution < -0.4 is 9.64 Å². The van der Waals surface area contributed by atoms with E-state index in [2.05, 4.69) is 0 Å². The van der Waals surface area contributed by atoms with Gasteiger partial charge in [0.25, 0.3) is 11.6 Å². The van der Waals surface area contributed by atoms with E-state index in [1.807, 2.05) is 36.4 Å². The Bertz CT molecular complexity index is 828. The molecule has 1 amide bonds. The van der Waals surface area contributed by atoms with Crippen LogP contribution >= 0.6 is 0 Å². The van der Waals surface area contributed by atoms with Gasteiger partial charge in [0.2, 0.25) is 0 Å². The van der Waals surface area contributed by atoms with E-state index in [4.69, 9.17) is 4.74 Å². The highest BCUT2D eigenvalue weighted by atomic mass is 16.6. The Labute approximate surface area is 139 Å². The van der Waals surface area contributed by atoms with E-state index in [0.29, 0.717) is 11.4 Å². The van der Waals surface area contributed by atoms with Crippen LogP contribution in [0.1, 0.15) is 19.4 Å². The Morgan fingerprint density at radius 2 is 1.88 bits per heavy atom. The van der Waals surface area contributed by atoms with Gasteiger partial charge in [-0.25, -0.2) is 0 Å². The summed E-state index contributed by atoms with van der Waals surface area (Å²) < 4.78 is 5.68. The van der Waals surface area contributed by atoms with Crippen LogP contribution in [-0.2, 0) is 4.79 Å². The van der Waals surface area contributed by atoms with Crippen molar-refractivity contribution in [3.05, 3.63) is 70.4 Å². The average molecular weight is 324 g/mol. The number of hydrogen-bond donors (Lipinski definition) is 0. The van der Waals surface area contributed by atoms with Crippen molar-refractivity contribution >= 4 is 23.4 Å². The van der Waals surface area contributed by atoms with Gasteiger partial charge < -0.3 is 4.74 Å². The van der Waals surface area contributed by atoms with Crippen molar-refractivity contribution in [3.63, 3.8) is 0 Å². The van der Waals surface area contributed by atoms with Gasteiger partial charge in [-0.15, -0.1) is 0 Å². The normalized spacial score (nSPS) is 15.9. The molecule has 2 aromatic carbocycles. The van der Waals surface area contributed by atoms with E-state index in [1.54, 1.807) is 20.0 Å². The molecule has 0 saturated heterocycles. The Hall–Kier alpha value is -3.15. The zero-order chi connectivity index (χ0) is 17.3. The lowest BCUT2D eigenvalue weighted by atomic mass is 10.0. The summed E-state index contributed by atoms with van der Waals surface area (Å²) in [5.74, 6) is 0.0718. The number of ether oxygens (including phenoxy) is 1. The second-order valence-electron chi connectivity index (χ2n) is 5.92. The molecule has 0 bridgehead atoms. The van der Waals surface area contributed by atoms with E-state index in [0.717, 1.165) is 5.56 Å². The summed E-state index contributed by atoms with van der Waals surface area (Å²) in [6.45, 7) is 3.28. The molecular weight excluding hydrogens is 308 g/mol. The second kappa shape index (κ2) is 5.81. The molecule has 122 valence electrons. The smallest absolute Gasteiger partial charge is 0.274 e. The Kier molecular flexibility index (Phi) is 3.81. The van der Waals surface area contributed by atoms with E-state index in [1.165, 1.54) is 23.1 Å². The van der Waals surface area contributed by atoms with Gasteiger partial charge in [0, 0.05) is 12.3 Å². The van der Waals surface area contributed by atoms with Gasteiger partial charge in [-0.3, -0.25) is 19.8 Å². The fourth-order valence-corrected chi connectivity index (χ4v) is 2.49. The topological polar surface area (TPSA) is 72.7 Å². The maximum atomic E-state index is 12.7. The molecule has 3 rings (SSSR count). The maximum Gasteiger partial charge on any atom is 0.274 e. The zero-order valence-corrected chi connectivity index (χ0v) is 13.3. The van der Waals surface area contributed by atoms with Gasteiger partial charge in [-0.2, -0.15) is 0 Å². The van der Waals surface area contributed by atoms with E-state index >= 15 is 0 Å².